The fourth-order valence-corrected chi connectivity index (χ4v) is 3.57. The Morgan fingerprint density at radius 3 is 2.14 bits per heavy atom. The van der Waals surface area contributed by atoms with E-state index in [0.717, 1.165) is 16.0 Å². The number of amides is 3. The molecular weight excluding hydrogens is 462 g/mol. The zero-order chi connectivity index (χ0) is 27.2. The number of aliphatic hydroxyl groups is 1. The van der Waals surface area contributed by atoms with E-state index >= 15 is 0 Å². The summed E-state index contributed by atoms with van der Waals surface area (Å²) in [6.07, 6.45) is 4.74. The van der Waals surface area contributed by atoms with Crippen LogP contribution in [0.5, 0.6) is 5.75 Å². The number of para-hydroxylation sites is 2. The van der Waals surface area contributed by atoms with Crippen LogP contribution in [0.15, 0.2) is 36.4 Å². The van der Waals surface area contributed by atoms with Crippen LogP contribution < -0.4 is 10.6 Å². The molecule has 2 aromatic rings. The van der Waals surface area contributed by atoms with E-state index in [-0.39, 0.29) is 11.3 Å². The average Bonchev–Trinajstić information content (AvgIpc) is 2.78. The molecule has 36 heavy (non-hydrogen) atoms. The van der Waals surface area contributed by atoms with Crippen molar-refractivity contribution in [3.8, 4) is 18.2 Å². The van der Waals surface area contributed by atoms with Crippen LogP contribution >= 0.6 is 0 Å². The van der Waals surface area contributed by atoms with Crippen LogP contribution in [0.3, 0.4) is 0 Å². The van der Waals surface area contributed by atoms with Gasteiger partial charge < -0.3 is 25.6 Å². The van der Waals surface area contributed by atoms with Crippen molar-refractivity contribution in [2.75, 3.05) is 11.9 Å². The first-order valence-electron chi connectivity index (χ1n) is 11.4. The Bertz CT molecular complexity index is 1160. The zero-order valence-corrected chi connectivity index (χ0v) is 21.4. The summed E-state index contributed by atoms with van der Waals surface area (Å²) in [6, 6.07) is 9.42. The maximum atomic E-state index is 13.6. The van der Waals surface area contributed by atoms with Gasteiger partial charge in [-0.2, -0.15) is 0 Å². The van der Waals surface area contributed by atoms with Crippen LogP contribution in [0.4, 0.5) is 10.5 Å². The van der Waals surface area contributed by atoms with Crippen molar-refractivity contribution in [1.29, 1.82) is 0 Å². The molecule has 4 N–H and O–H groups in total. The molecule has 3 amide bonds. The Balaban J connectivity index is 2.51. The van der Waals surface area contributed by atoms with Crippen molar-refractivity contribution >= 4 is 23.6 Å². The SMILES string of the molecule is C#CN(C(=O)C(CO)NC(=O)OC(C)(C)C)C(C(=O)Nc1c(C)cccc1C)c1cccc(C)c1O. The number of phenols is 1. The van der Waals surface area contributed by atoms with Gasteiger partial charge in [-0.3, -0.25) is 14.5 Å². The highest BCUT2D eigenvalue weighted by atomic mass is 16.6. The van der Waals surface area contributed by atoms with Gasteiger partial charge in [-0.1, -0.05) is 42.8 Å². The van der Waals surface area contributed by atoms with Gasteiger partial charge >= 0.3 is 6.09 Å². The number of carbonyl (C=O) groups excluding carboxylic acids is 3. The van der Waals surface area contributed by atoms with E-state index in [4.69, 9.17) is 11.2 Å². The van der Waals surface area contributed by atoms with Gasteiger partial charge in [-0.05, 0) is 58.2 Å². The third-order valence-corrected chi connectivity index (χ3v) is 5.35. The number of nitrogens with one attached hydrogen (secondary N) is 2. The first-order valence-corrected chi connectivity index (χ1v) is 11.4. The van der Waals surface area contributed by atoms with Crippen molar-refractivity contribution in [2.45, 2.75) is 59.2 Å². The Morgan fingerprint density at radius 1 is 1.06 bits per heavy atom. The lowest BCUT2D eigenvalue weighted by atomic mass is 9.99. The molecule has 9 heteroatoms. The number of benzene rings is 2. The molecule has 9 nitrogen and oxygen atoms in total. The first kappa shape index (κ1) is 28.2. The van der Waals surface area contributed by atoms with Crippen molar-refractivity contribution in [3.05, 3.63) is 58.7 Å². The largest absolute Gasteiger partial charge is 0.507 e. The smallest absolute Gasteiger partial charge is 0.408 e. The number of rotatable bonds is 7. The summed E-state index contributed by atoms with van der Waals surface area (Å²) >= 11 is 0. The van der Waals surface area contributed by atoms with Gasteiger partial charge in [0, 0.05) is 17.3 Å². The highest BCUT2D eigenvalue weighted by Gasteiger charge is 2.37. The molecule has 0 heterocycles. The lowest BCUT2D eigenvalue weighted by Crippen LogP contribution is -2.52. The number of hydrogen-bond donors (Lipinski definition) is 4. The average molecular weight is 496 g/mol. The molecule has 2 atom stereocenters. The van der Waals surface area contributed by atoms with Crippen LogP contribution in [-0.4, -0.2) is 51.3 Å². The number of hydrogen-bond acceptors (Lipinski definition) is 6. The summed E-state index contributed by atoms with van der Waals surface area (Å²) in [6.45, 7) is 9.40. The van der Waals surface area contributed by atoms with Crippen LogP contribution in [0.1, 0.15) is 49.1 Å². The fraction of sp³-hybridized carbons (Fsp3) is 0.370. The second-order valence-corrected chi connectivity index (χ2v) is 9.39. The molecule has 0 aliphatic heterocycles. The lowest BCUT2D eigenvalue weighted by Gasteiger charge is -2.30. The van der Waals surface area contributed by atoms with Crippen molar-refractivity contribution < 1.29 is 29.3 Å². The van der Waals surface area contributed by atoms with E-state index in [1.165, 1.54) is 6.07 Å². The lowest BCUT2D eigenvalue weighted by molar-refractivity contribution is -0.137. The van der Waals surface area contributed by atoms with Gasteiger partial charge in [-0.15, -0.1) is 0 Å². The number of nitrogens with zero attached hydrogens (tertiary/aromatic N) is 1. The summed E-state index contributed by atoms with van der Waals surface area (Å²) in [5, 5.41) is 25.7. The zero-order valence-electron chi connectivity index (χ0n) is 21.4. The number of aryl methyl sites for hydroxylation is 3. The molecule has 2 rings (SSSR count). The molecular formula is C27H33N3O6. The number of ether oxygens (including phenoxy) is 1. The van der Waals surface area contributed by atoms with Gasteiger partial charge in [0.25, 0.3) is 11.8 Å². The van der Waals surface area contributed by atoms with Crippen LogP contribution in [0.25, 0.3) is 0 Å². The van der Waals surface area contributed by atoms with Gasteiger partial charge in [0.1, 0.15) is 17.4 Å². The molecule has 0 saturated heterocycles. The van der Waals surface area contributed by atoms with Crippen molar-refractivity contribution in [1.82, 2.24) is 10.2 Å². The van der Waals surface area contributed by atoms with E-state index in [0.29, 0.717) is 11.3 Å². The number of alkyl carbamates (subject to hydrolysis) is 1. The summed E-state index contributed by atoms with van der Waals surface area (Å²) in [5.74, 6) is -1.84. The number of carbonyl (C=O) groups is 3. The predicted molar refractivity (Wildman–Crippen MR) is 136 cm³/mol. The normalized spacial score (nSPS) is 12.6. The highest BCUT2D eigenvalue weighted by Crippen LogP contribution is 2.33. The molecule has 2 aromatic carbocycles. The summed E-state index contributed by atoms with van der Waals surface area (Å²) in [4.78, 5) is 40.0. The Morgan fingerprint density at radius 2 is 1.61 bits per heavy atom. The van der Waals surface area contributed by atoms with Crippen molar-refractivity contribution in [2.24, 2.45) is 0 Å². The van der Waals surface area contributed by atoms with E-state index in [9.17, 15) is 24.6 Å². The third-order valence-electron chi connectivity index (χ3n) is 5.35. The molecule has 0 aliphatic rings. The molecule has 0 saturated carbocycles. The number of aromatic hydroxyl groups is 1. The minimum atomic E-state index is -1.50. The molecule has 0 aliphatic carbocycles. The molecule has 0 spiro atoms. The highest BCUT2D eigenvalue weighted by molar-refractivity contribution is 6.00. The molecule has 192 valence electrons. The molecule has 0 bridgehead atoms. The second-order valence-electron chi connectivity index (χ2n) is 9.39. The van der Waals surface area contributed by atoms with Crippen LogP contribution in [-0.2, 0) is 14.3 Å². The molecule has 2 unspecified atom stereocenters. The van der Waals surface area contributed by atoms with Gasteiger partial charge in [0.15, 0.2) is 6.04 Å². The van der Waals surface area contributed by atoms with Crippen LogP contribution in [0.2, 0.25) is 0 Å². The maximum Gasteiger partial charge on any atom is 0.408 e. The predicted octanol–water partition coefficient (Wildman–Crippen LogP) is 3.30. The molecule has 0 radical (unpaired) electrons. The fourth-order valence-electron chi connectivity index (χ4n) is 3.57. The Kier molecular flexibility index (Phi) is 9.09. The maximum absolute atomic E-state index is 13.6. The Hall–Kier alpha value is -4.03. The van der Waals surface area contributed by atoms with Gasteiger partial charge in [0.05, 0.1) is 6.61 Å². The topological polar surface area (TPSA) is 128 Å². The Labute approximate surface area is 211 Å². The number of anilines is 1. The summed E-state index contributed by atoms with van der Waals surface area (Å²) in [5.41, 5.74) is 1.81. The quantitative estimate of drug-likeness (QED) is 0.345. The number of terminal acetylenes is 1. The molecule has 0 fully saturated rings. The minimum Gasteiger partial charge on any atom is -0.507 e. The van der Waals surface area contributed by atoms with E-state index in [1.54, 1.807) is 39.8 Å². The monoisotopic (exact) mass is 495 g/mol. The van der Waals surface area contributed by atoms with Gasteiger partial charge in [-0.25, -0.2) is 4.79 Å². The first-order chi connectivity index (χ1) is 16.8. The third kappa shape index (κ3) is 6.77. The van der Waals surface area contributed by atoms with Crippen LogP contribution in [0, 0.1) is 33.2 Å². The number of aliphatic hydroxyl groups excluding tert-OH is 1. The van der Waals surface area contributed by atoms with E-state index < -0.39 is 42.2 Å². The minimum absolute atomic E-state index is 0.0824. The standard InChI is InChI=1S/C27H33N3O6/c1-8-30(25(34)20(15-31)28-26(35)36-27(5,6)7)22(19-14-10-13-18(4)23(19)32)24(33)29-21-16(2)11-9-12-17(21)3/h1,9-14,20,22,31-32H,15H2,2-7H3,(H,28,35)(H,29,33). The molecule has 0 aromatic heterocycles. The number of phenolic OH excluding ortho intramolecular Hbond substituents is 1. The summed E-state index contributed by atoms with van der Waals surface area (Å²) < 4.78 is 5.16. The van der Waals surface area contributed by atoms with Crippen molar-refractivity contribution in [3.63, 3.8) is 0 Å². The van der Waals surface area contributed by atoms with E-state index in [1.807, 2.05) is 32.0 Å². The summed E-state index contributed by atoms with van der Waals surface area (Å²) in [7, 11) is 0. The second kappa shape index (κ2) is 11.6. The van der Waals surface area contributed by atoms with Gasteiger partial charge in [0.2, 0.25) is 0 Å². The van der Waals surface area contributed by atoms with E-state index in [2.05, 4.69) is 16.7 Å².